The van der Waals surface area contributed by atoms with Crippen LogP contribution in [-0.4, -0.2) is 20.7 Å². The van der Waals surface area contributed by atoms with Gasteiger partial charge in [0.05, 0.1) is 5.52 Å². The number of nitrogens with zero attached hydrogens (tertiary/aromatic N) is 2. The number of carbonyl (C=O) groups is 1. The van der Waals surface area contributed by atoms with Crippen LogP contribution in [-0.2, 0) is 0 Å². The van der Waals surface area contributed by atoms with Gasteiger partial charge in [0.1, 0.15) is 0 Å². The molecule has 0 bridgehead atoms. The Balaban J connectivity index is 2.14. The summed E-state index contributed by atoms with van der Waals surface area (Å²) in [5, 5.41) is 12.9. The second-order valence-corrected chi connectivity index (χ2v) is 3.99. The van der Waals surface area contributed by atoms with Crippen molar-refractivity contribution in [2.24, 2.45) is 0 Å². The lowest BCUT2D eigenvalue weighted by molar-refractivity contribution is 0.0690. The predicted molar refractivity (Wildman–Crippen MR) is 67.6 cm³/mol. The third-order valence-electron chi connectivity index (χ3n) is 2.79. The maximum absolute atomic E-state index is 10.8. The van der Waals surface area contributed by atoms with Crippen molar-refractivity contribution in [1.82, 2.24) is 9.61 Å². The highest BCUT2D eigenvalue weighted by atomic mass is 16.4. The van der Waals surface area contributed by atoms with E-state index in [0.717, 1.165) is 16.6 Å². The number of rotatable bonds is 2. The van der Waals surface area contributed by atoms with E-state index < -0.39 is 5.97 Å². The average molecular weight is 238 g/mol. The Morgan fingerprint density at radius 3 is 2.56 bits per heavy atom. The van der Waals surface area contributed by atoms with Gasteiger partial charge in [0.15, 0.2) is 5.69 Å². The molecule has 4 nitrogen and oxygen atoms in total. The minimum absolute atomic E-state index is 0.0558. The van der Waals surface area contributed by atoms with Gasteiger partial charge in [-0.05, 0) is 29.3 Å². The lowest BCUT2D eigenvalue weighted by Crippen LogP contribution is -1.97. The summed E-state index contributed by atoms with van der Waals surface area (Å²) in [5.41, 5.74) is 2.96. The second-order valence-electron chi connectivity index (χ2n) is 3.99. The molecular weight excluding hydrogens is 228 g/mol. The molecule has 0 unspecified atom stereocenters. The lowest BCUT2D eigenvalue weighted by atomic mass is 10.1. The quantitative estimate of drug-likeness (QED) is 0.746. The Bertz CT molecular complexity index is 717. The molecule has 2 aromatic heterocycles. The van der Waals surface area contributed by atoms with E-state index >= 15 is 0 Å². The first-order valence-corrected chi connectivity index (χ1v) is 5.52. The molecule has 0 aliphatic carbocycles. The molecule has 3 aromatic rings. The van der Waals surface area contributed by atoms with Crippen LogP contribution in [0.1, 0.15) is 10.5 Å². The summed E-state index contributed by atoms with van der Waals surface area (Å²) in [4.78, 5) is 10.8. The summed E-state index contributed by atoms with van der Waals surface area (Å²) >= 11 is 0. The summed E-state index contributed by atoms with van der Waals surface area (Å²) < 4.78 is 1.57. The molecule has 3 rings (SSSR count). The van der Waals surface area contributed by atoms with Gasteiger partial charge in [-0.1, -0.05) is 30.3 Å². The van der Waals surface area contributed by atoms with Crippen molar-refractivity contribution >= 4 is 11.5 Å². The van der Waals surface area contributed by atoms with Crippen LogP contribution in [0.2, 0.25) is 0 Å². The SMILES string of the molecule is O=C(O)c1cc2cc(-c3ccccc3)ccn2n1. The van der Waals surface area contributed by atoms with Crippen molar-refractivity contribution in [3.8, 4) is 11.1 Å². The Hall–Kier alpha value is -2.62. The van der Waals surface area contributed by atoms with Crippen LogP contribution in [0, 0.1) is 0 Å². The molecule has 0 spiro atoms. The first-order chi connectivity index (χ1) is 8.74. The standard InChI is InChI=1S/C14H10N2O2/c17-14(18)13-9-12-8-11(6-7-16(12)15-13)10-4-2-1-3-5-10/h1-9H,(H,17,18). The van der Waals surface area contributed by atoms with E-state index in [1.165, 1.54) is 0 Å². The van der Waals surface area contributed by atoms with Gasteiger partial charge in [-0.15, -0.1) is 0 Å². The lowest BCUT2D eigenvalue weighted by Gasteiger charge is -2.01. The van der Waals surface area contributed by atoms with Gasteiger partial charge < -0.3 is 5.11 Å². The number of carboxylic acids is 1. The van der Waals surface area contributed by atoms with Gasteiger partial charge in [0.25, 0.3) is 0 Å². The Kier molecular flexibility index (Phi) is 2.34. The molecule has 0 radical (unpaired) electrons. The highest BCUT2D eigenvalue weighted by Gasteiger charge is 2.09. The number of hydrogen-bond donors (Lipinski definition) is 1. The average Bonchev–Trinajstić information content (AvgIpc) is 2.82. The van der Waals surface area contributed by atoms with E-state index in [-0.39, 0.29) is 5.69 Å². The molecule has 1 aromatic carbocycles. The van der Waals surface area contributed by atoms with Crippen molar-refractivity contribution in [2.45, 2.75) is 0 Å². The summed E-state index contributed by atoms with van der Waals surface area (Å²) in [7, 11) is 0. The number of hydrogen-bond acceptors (Lipinski definition) is 2. The fourth-order valence-electron chi connectivity index (χ4n) is 1.91. The summed E-state index contributed by atoms with van der Waals surface area (Å²) in [5.74, 6) is -1.01. The van der Waals surface area contributed by atoms with E-state index in [4.69, 9.17) is 5.11 Å². The van der Waals surface area contributed by atoms with Crippen LogP contribution in [0.5, 0.6) is 0 Å². The summed E-state index contributed by atoms with van der Waals surface area (Å²) in [6.07, 6.45) is 1.77. The number of aromatic nitrogens is 2. The topological polar surface area (TPSA) is 54.6 Å². The largest absolute Gasteiger partial charge is 0.476 e. The first kappa shape index (κ1) is 10.5. The fraction of sp³-hybridized carbons (Fsp3) is 0. The van der Waals surface area contributed by atoms with Crippen molar-refractivity contribution in [2.75, 3.05) is 0 Å². The van der Waals surface area contributed by atoms with Crippen LogP contribution in [0.3, 0.4) is 0 Å². The number of pyridine rings is 1. The zero-order valence-electron chi connectivity index (χ0n) is 9.45. The maximum Gasteiger partial charge on any atom is 0.356 e. The Morgan fingerprint density at radius 1 is 1.06 bits per heavy atom. The smallest absolute Gasteiger partial charge is 0.356 e. The molecule has 0 aliphatic rings. The molecular formula is C14H10N2O2. The number of carboxylic acid groups (broad SMARTS) is 1. The minimum atomic E-state index is -1.01. The highest BCUT2D eigenvalue weighted by molar-refractivity contribution is 5.87. The van der Waals surface area contributed by atoms with Crippen LogP contribution < -0.4 is 0 Å². The number of benzene rings is 1. The fourth-order valence-corrected chi connectivity index (χ4v) is 1.91. The molecule has 0 amide bonds. The normalized spacial score (nSPS) is 10.7. The van der Waals surface area contributed by atoms with E-state index in [2.05, 4.69) is 5.10 Å². The second kappa shape index (κ2) is 4.00. The molecule has 0 atom stereocenters. The molecule has 1 N–H and O–H groups in total. The van der Waals surface area contributed by atoms with Crippen LogP contribution >= 0.6 is 0 Å². The maximum atomic E-state index is 10.8. The van der Waals surface area contributed by atoms with Crippen LogP contribution in [0.25, 0.3) is 16.6 Å². The molecule has 88 valence electrons. The van der Waals surface area contributed by atoms with Crippen molar-refractivity contribution in [3.05, 3.63) is 60.4 Å². The van der Waals surface area contributed by atoms with Gasteiger partial charge in [-0.2, -0.15) is 5.10 Å². The van der Waals surface area contributed by atoms with Crippen LogP contribution in [0.4, 0.5) is 0 Å². The Labute approximate surface area is 103 Å². The predicted octanol–water partition coefficient (Wildman–Crippen LogP) is 2.70. The van der Waals surface area contributed by atoms with E-state index in [0.29, 0.717) is 0 Å². The van der Waals surface area contributed by atoms with Crippen LogP contribution in [0.15, 0.2) is 54.7 Å². The molecule has 2 heterocycles. The summed E-state index contributed by atoms with van der Waals surface area (Å²) in [6, 6.07) is 15.3. The van der Waals surface area contributed by atoms with E-state index in [1.807, 2.05) is 42.5 Å². The third-order valence-corrected chi connectivity index (χ3v) is 2.79. The van der Waals surface area contributed by atoms with Crippen molar-refractivity contribution in [3.63, 3.8) is 0 Å². The Morgan fingerprint density at radius 2 is 1.83 bits per heavy atom. The van der Waals surface area contributed by atoms with E-state index in [9.17, 15) is 4.79 Å². The molecule has 0 aliphatic heterocycles. The summed E-state index contributed by atoms with van der Waals surface area (Å²) in [6.45, 7) is 0. The highest BCUT2D eigenvalue weighted by Crippen LogP contribution is 2.20. The van der Waals surface area contributed by atoms with Gasteiger partial charge in [0.2, 0.25) is 0 Å². The molecule has 0 saturated heterocycles. The van der Waals surface area contributed by atoms with Crippen molar-refractivity contribution < 1.29 is 9.90 Å². The zero-order chi connectivity index (χ0) is 12.5. The molecule has 18 heavy (non-hydrogen) atoms. The monoisotopic (exact) mass is 238 g/mol. The molecule has 0 fully saturated rings. The first-order valence-electron chi connectivity index (χ1n) is 5.52. The minimum Gasteiger partial charge on any atom is -0.476 e. The van der Waals surface area contributed by atoms with Gasteiger partial charge in [-0.25, -0.2) is 9.31 Å². The third kappa shape index (κ3) is 1.73. The van der Waals surface area contributed by atoms with Crippen molar-refractivity contribution in [1.29, 1.82) is 0 Å². The van der Waals surface area contributed by atoms with Gasteiger partial charge in [-0.3, -0.25) is 0 Å². The molecule has 4 heteroatoms. The van der Waals surface area contributed by atoms with Gasteiger partial charge in [0, 0.05) is 6.20 Å². The number of aromatic carboxylic acids is 1. The van der Waals surface area contributed by atoms with E-state index in [1.54, 1.807) is 16.8 Å². The zero-order valence-corrected chi connectivity index (χ0v) is 9.45. The number of fused-ring (bicyclic) bond motifs is 1. The van der Waals surface area contributed by atoms with Gasteiger partial charge >= 0.3 is 5.97 Å². The molecule has 0 saturated carbocycles.